The monoisotopic (exact) mass is 362 g/mol. The van der Waals surface area contributed by atoms with Crippen molar-refractivity contribution < 1.29 is 18.4 Å². The number of anilines is 2. The summed E-state index contributed by atoms with van der Waals surface area (Å²) in [6.45, 7) is 0. The molecular weight excluding hydrogens is 346 g/mol. The van der Waals surface area contributed by atoms with Crippen molar-refractivity contribution in [2.45, 2.75) is 17.7 Å². The lowest BCUT2D eigenvalue weighted by molar-refractivity contribution is -0.117. The molecule has 2 aromatic carbocycles. The molecule has 0 aliphatic heterocycles. The summed E-state index contributed by atoms with van der Waals surface area (Å²) < 4.78 is 26.0. The maximum Gasteiger partial charge on any atom is 0.234 e. The second-order valence-corrected chi connectivity index (χ2v) is 6.80. The highest BCUT2D eigenvalue weighted by Gasteiger charge is 2.29. The summed E-state index contributed by atoms with van der Waals surface area (Å²) >= 11 is 1.12. The third kappa shape index (κ3) is 5.03. The fraction of sp³-hybridized carbons (Fsp3) is 0.222. The maximum absolute atomic E-state index is 13.1. The SMILES string of the molecule is O=C(CSc1ccc(F)c(F)c1)Nc1ccc(NC(=O)C2CC2)cc1. The average Bonchev–Trinajstić information content (AvgIpc) is 3.43. The molecule has 4 nitrogen and oxygen atoms in total. The molecule has 0 heterocycles. The predicted molar refractivity (Wildman–Crippen MR) is 93.5 cm³/mol. The molecule has 3 rings (SSSR count). The van der Waals surface area contributed by atoms with Crippen molar-refractivity contribution in [2.24, 2.45) is 5.92 Å². The third-order valence-corrected chi connectivity index (χ3v) is 4.64. The highest BCUT2D eigenvalue weighted by Crippen LogP contribution is 2.30. The van der Waals surface area contributed by atoms with Crippen LogP contribution in [0.4, 0.5) is 20.2 Å². The molecule has 130 valence electrons. The van der Waals surface area contributed by atoms with E-state index in [-0.39, 0.29) is 23.5 Å². The minimum Gasteiger partial charge on any atom is -0.326 e. The van der Waals surface area contributed by atoms with E-state index in [9.17, 15) is 18.4 Å². The van der Waals surface area contributed by atoms with Gasteiger partial charge in [0.1, 0.15) is 0 Å². The van der Waals surface area contributed by atoms with Gasteiger partial charge >= 0.3 is 0 Å². The molecule has 2 aromatic rings. The van der Waals surface area contributed by atoms with Gasteiger partial charge in [0.05, 0.1) is 5.75 Å². The molecule has 1 saturated carbocycles. The first-order chi connectivity index (χ1) is 12.0. The average molecular weight is 362 g/mol. The van der Waals surface area contributed by atoms with Crippen molar-refractivity contribution in [1.29, 1.82) is 0 Å². The number of amides is 2. The van der Waals surface area contributed by atoms with Gasteiger partial charge in [-0.3, -0.25) is 9.59 Å². The molecule has 0 aromatic heterocycles. The minimum absolute atomic E-state index is 0.0275. The molecule has 0 radical (unpaired) electrons. The van der Waals surface area contributed by atoms with Gasteiger partial charge < -0.3 is 10.6 Å². The van der Waals surface area contributed by atoms with E-state index in [1.165, 1.54) is 6.07 Å². The number of nitrogens with one attached hydrogen (secondary N) is 2. The zero-order valence-corrected chi connectivity index (χ0v) is 14.0. The van der Waals surface area contributed by atoms with E-state index in [1.54, 1.807) is 24.3 Å². The van der Waals surface area contributed by atoms with Gasteiger partial charge in [0.25, 0.3) is 0 Å². The van der Waals surface area contributed by atoms with E-state index in [1.807, 2.05) is 0 Å². The topological polar surface area (TPSA) is 58.2 Å². The fourth-order valence-electron chi connectivity index (χ4n) is 2.14. The van der Waals surface area contributed by atoms with Crippen molar-refractivity contribution in [3.8, 4) is 0 Å². The quantitative estimate of drug-likeness (QED) is 0.763. The van der Waals surface area contributed by atoms with Gasteiger partial charge in [-0.05, 0) is 55.3 Å². The first kappa shape index (κ1) is 17.4. The van der Waals surface area contributed by atoms with Crippen molar-refractivity contribution in [1.82, 2.24) is 0 Å². The number of rotatable bonds is 6. The van der Waals surface area contributed by atoms with Gasteiger partial charge in [-0.2, -0.15) is 0 Å². The van der Waals surface area contributed by atoms with Gasteiger partial charge in [0, 0.05) is 22.2 Å². The largest absolute Gasteiger partial charge is 0.326 e. The Morgan fingerprint density at radius 1 is 0.960 bits per heavy atom. The van der Waals surface area contributed by atoms with Crippen LogP contribution in [-0.2, 0) is 9.59 Å². The first-order valence-electron chi connectivity index (χ1n) is 7.80. The van der Waals surface area contributed by atoms with Gasteiger partial charge in [-0.25, -0.2) is 8.78 Å². The van der Waals surface area contributed by atoms with Crippen LogP contribution >= 0.6 is 11.8 Å². The summed E-state index contributed by atoms with van der Waals surface area (Å²) in [7, 11) is 0. The summed E-state index contributed by atoms with van der Waals surface area (Å²) in [5, 5.41) is 5.53. The normalized spacial score (nSPS) is 13.4. The molecule has 0 unspecified atom stereocenters. The number of halogens is 2. The predicted octanol–water partition coefficient (Wildman–Crippen LogP) is 4.04. The van der Waals surface area contributed by atoms with Crippen molar-refractivity contribution in [3.05, 3.63) is 54.1 Å². The molecule has 0 atom stereocenters. The van der Waals surface area contributed by atoms with Crippen LogP contribution in [0.5, 0.6) is 0 Å². The zero-order chi connectivity index (χ0) is 17.8. The van der Waals surface area contributed by atoms with E-state index in [0.29, 0.717) is 16.3 Å². The number of thioether (sulfide) groups is 1. The minimum atomic E-state index is -0.936. The molecule has 7 heteroatoms. The molecule has 1 aliphatic carbocycles. The fourth-order valence-corrected chi connectivity index (χ4v) is 2.86. The van der Waals surface area contributed by atoms with Crippen molar-refractivity contribution in [3.63, 3.8) is 0 Å². The molecule has 0 bridgehead atoms. The lowest BCUT2D eigenvalue weighted by Gasteiger charge is -2.08. The number of carbonyl (C=O) groups excluding carboxylic acids is 2. The molecular formula is C18H16F2N2O2S. The number of benzene rings is 2. The Morgan fingerprint density at radius 2 is 1.60 bits per heavy atom. The molecule has 0 spiro atoms. The Bertz CT molecular complexity index is 792. The van der Waals surface area contributed by atoms with Crippen LogP contribution in [-0.4, -0.2) is 17.6 Å². The van der Waals surface area contributed by atoms with Crippen LogP contribution in [0.1, 0.15) is 12.8 Å². The Morgan fingerprint density at radius 3 is 2.20 bits per heavy atom. The van der Waals surface area contributed by atoms with E-state index < -0.39 is 11.6 Å². The smallest absolute Gasteiger partial charge is 0.234 e. The highest BCUT2D eigenvalue weighted by molar-refractivity contribution is 8.00. The van der Waals surface area contributed by atoms with E-state index in [0.717, 1.165) is 36.7 Å². The van der Waals surface area contributed by atoms with E-state index >= 15 is 0 Å². The van der Waals surface area contributed by atoms with Crippen LogP contribution in [0.25, 0.3) is 0 Å². The Kier molecular flexibility index (Phi) is 5.33. The van der Waals surface area contributed by atoms with Crippen LogP contribution in [0, 0.1) is 17.6 Å². The summed E-state index contributed by atoms with van der Waals surface area (Å²) in [6.07, 6.45) is 1.88. The summed E-state index contributed by atoms with van der Waals surface area (Å²) in [5.41, 5.74) is 1.28. The van der Waals surface area contributed by atoms with Gasteiger partial charge in [0.15, 0.2) is 11.6 Å². The highest BCUT2D eigenvalue weighted by atomic mass is 32.2. The number of hydrogen-bond acceptors (Lipinski definition) is 3. The Hall–Kier alpha value is -2.41. The van der Waals surface area contributed by atoms with Crippen molar-refractivity contribution >= 4 is 35.0 Å². The lowest BCUT2D eigenvalue weighted by atomic mass is 10.2. The molecule has 0 saturated heterocycles. The Balaban J connectivity index is 1.48. The molecule has 2 amide bonds. The third-order valence-electron chi connectivity index (χ3n) is 3.65. The van der Waals surface area contributed by atoms with Gasteiger partial charge in [-0.15, -0.1) is 11.8 Å². The van der Waals surface area contributed by atoms with E-state index in [4.69, 9.17) is 0 Å². The zero-order valence-electron chi connectivity index (χ0n) is 13.2. The molecule has 25 heavy (non-hydrogen) atoms. The van der Waals surface area contributed by atoms with Gasteiger partial charge in [-0.1, -0.05) is 0 Å². The van der Waals surface area contributed by atoms with Crippen LogP contribution in [0.15, 0.2) is 47.4 Å². The van der Waals surface area contributed by atoms with Crippen LogP contribution in [0.3, 0.4) is 0 Å². The van der Waals surface area contributed by atoms with Crippen LogP contribution < -0.4 is 10.6 Å². The van der Waals surface area contributed by atoms with E-state index in [2.05, 4.69) is 10.6 Å². The lowest BCUT2D eigenvalue weighted by Crippen LogP contribution is -2.15. The van der Waals surface area contributed by atoms with Crippen LogP contribution in [0.2, 0.25) is 0 Å². The number of carbonyl (C=O) groups is 2. The second kappa shape index (κ2) is 7.65. The Labute approximate surface area is 148 Å². The van der Waals surface area contributed by atoms with Crippen molar-refractivity contribution in [2.75, 3.05) is 16.4 Å². The number of hydrogen-bond donors (Lipinski definition) is 2. The summed E-state index contributed by atoms with van der Waals surface area (Å²) in [5.74, 6) is -1.88. The second-order valence-electron chi connectivity index (χ2n) is 5.75. The summed E-state index contributed by atoms with van der Waals surface area (Å²) in [6, 6.07) is 10.4. The maximum atomic E-state index is 13.1. The standard InChI is InChI=1S/C18H16F2N2O2S/c19-15-8-7-14(9-16(15)20)25-10-17(23)21-12-3-5-13(6-4-12)22-18(24)11-1-2-11/h3-9,11H,1-2,10H2,(H,21,23)(H,22,24). The molecule has 1 fully saturated rings. The molecule has 2 N–H and O–H groups in total. The van der Waals surface area contributed by atoms with Gasteiger partial charge in [0.2, 0.25) is 11.8 Å². The summed E-state index contributed by atoms with van der Waals surface area (Å²) in [4.78, 5) is 24.1. The first-order valence-corrected chi connectivity index (χ1v) is 8.78. The molecule has 1 aliphatic rings.